The van der Waals surface area contributed by atoms with Gasteiger partial charge in [-0.1, -0.05) is 33.1 Å². The number of carbonyl (C=O) groups is 2. The van der Waals surface area contributed by atoms with Gasteiger partial charge in [-0.05, 0) is 117 Å². The fraction of sp³-hybridized carbons (Fsp3) is 0.944. The summed E-state index contributed by atoms with van der Waals surface area (Å²) < 4.78 is 0. The highest BCUT2D eigenvalue weighted by Crippen LogP contribution is 2.66. The van der Waals surface area contributed by atoms with Crippen LogP contribution in [0.15, 0.2) is 0 Å². The predicted octanol–water partition coefficient (Wildman–Crippen LogP) is 4.63. The van der Waals surface area contributed by atoms with Crippen LogP contribution < -0.4 is 5.32 Å². The molecule has 10 atom stereocenters. The molecular formula is C36H60N4O4. The summed E-state index contributed by atoms with van der Waals surface area (Å²) >= 11 is 0. The molecule has 8 nitrogen and oxygen atoms in total. The zero-order valence-corrected chi connectivity index (χ0v) is 27.6. The van der Waals surface area contributed by atoms with Crippen LogP contribution in [0.2, 0.25) is 0 Å². The monoisotopic (exact) mass is 612 g/mol. The van der Waals surface area contributed by atoms with Crippen LogP contribution in [0.25, 0.3) is 0 Å². The second-order valence-electron chi connectivity index (χ2n) is 16.8. The Morgan fingerprint density at radius 1 is 0.795 bits per heavy atom. The maximum absolute atomic E-state index is 13.7. The van der Waals surface area contributed by atoms with Crippen LogP contribution in [-0.4, -0.2) is 100 Å². The fourth-order valence-electron chi connectivity index (χ4n) is 12.1. The van der Waals surface area contributed by atoms with Gasteiger partial charge in [0.05, 0.1) is 12.2 Å². The van der Waals surface area contributed by atoms with Crippen molar-refractivity contribution >= 4 is 11.9 Å². The Morgan fingerprint density at radius 3 is 2.32 bits per heavy atom. The highest BCUT2D eigenvalue weighted by Gasteiger charge is 2.61. The van der Waals surface area contributed by atoms with Crippen molar-refractivity contribution in [3.8, 4) is 0 Å². The minimum atomic E-state index is -0.335. The van der Waals surface area contributed by atoms with Gasteiger partial charge >= 0.3 is 6.03 Å². The van der Waals surface area contributed by atoms with Gasteiger partial charge in [0.15, 0.2) is 0 Å². The molecule has 0 spiro atoms. The number of likely N-dealkylation sites (tertiary alicyclic amines) is 1. The summed E-state index contributed by atoms with van der Waals surface area (Å²) in [7, 11) is 0. The Labute approximate surface area is 265 Å². The smallest absolute Gasteiger partial charge is 0.318 e. The molecule has 248 valence electrons. The summed E-state index contributed by atoms with van der Waals surface area (Å²) in [6, 6.07) is -0.236. The van der Waals surface area contributed by atoms with E-state index in [1.165, 1.54) is 57.8 Å². The van der Waals surface area contributed by atoms with Crippen molar-refractivity contribution < 1.29 is 19.8 Å². The summed E-state index contributed by atoms with van der Waals surface area (Å²) in [5.74, 6) is 3.35. The average Bonchev–Trinajstić information content (AvgIpc) is 3.65. The number of rotatable bonds is 4. The SMILES string of the molecule is C[C@]12C[C@H](N3CCN(C(=O)[C@@H]4CCCN4C(=O)NCC4CCCCC4)CC3)[C@@H](O)C[C@@H]1CC[C@@H]1[C@@H]2CC[C@]2(C)[C@@H](O)CC[C@@H]12. The first-order valence-corrected chi connectivity index (χ1v) is 18.6. The number of aliphatic hydroxyl groups is 2. The van der Waals surface area contributed by atoms with E-state index in [1.54, 1.807) is 4.90 Å². The number of carbonyl (C=O) groups excluding carboxylic acids is 2. The molecule has 2 aliphatic heterocycles. The van der Waals surface area contributed by atoms with Gasteiger partial charge in [-0.3, -0.25) is 9.69 Å². The second-order valence-corrected chi connectivity index (χ2v) is 16.8. The third-order valence-electron chi connectivity index (χ3n) is 14.8. The molecule has 0 radical (unpaired) electrons. The van der Waals surface area contributed by atoms with Crippen LogP contribution >= 0.6 is 0 Å². The zero-order valence-electron chi connectivity index (χ0n) is 27.6. The first-order valence-electron chi connectivity index (χ1n) is 18.6. The van der Waals surface area contributed by atoms with E-state index < -0.39 is 0 Å². The molecule has 0 aromatic heterocycles. The van der Waals surface area contributed by atoms with Crippen LogP contribution in [0.1, 0.15) is 110 Å². The molecule has 0 unspecified atom stereocenters. The Balaban J connectivity index is 0.953. The van der Waals surface area contributed by atoms with Crippen molar-refractivity contribution in [1.82, 2.24) is 20.0 Å². The molecule has 3 amide bonds. The molecule has 7 rings (SSSR count). The van der Waals surface area contributed by atoms with Crippen molar-refractivity contribution in [1.29, 1.82) is 0 Å². The molecule has 2 heterocycles. The van der Waals surface area contributed by atoms with E-state index in [0.717, 1.165) is 58.2 Å². The zero-order chi connectivity index (χ0) is 30.6. The van der Waals surface area contributed by atoms with Crippen LogP contribution in [0.5, 0.6) is 0 Å². The lowest BCUT2D eigenvalue weighted by Gasteiger charge is -2.62. The molecular weight excluding hydrogens is 552 g/mol. The molecule has 7 fully saturated rings. The van der Waals surface area contributed by atoms with Crippen molar-refractivity contribution in [2.24, 2.45) is 40.4 Å². The highest BCUT2D eigenvalue weighted by atomic mass is 16.3. The first kappa shape index (κ1) is 31.2. The molecule has 0 bridgehead atoms. The van der Waals surface area contributed by atoms with Crippen LogP contribution in [-0.2, 0) is 4.79 Å². The minimum absolute atomic E-state index is 0.0564. The Morgan fingerprint density at radius 2 is 1.55 bits per heavy atom. The van der Waals surface area contributed by atoms with Crippen LogP contribution in [0, 0.1) is 40.4 Å². The molecule has 0 aromatic rings. The summed E-state index contributed by atoms with van der Waals surface area (Å²) in [5.41, 5.74) is 0.343. The Bertz CT molecular complexity index is 1060. The number of hydrogen-bond donors (Lipinski definition) is 3. The normalized spacial score (nSPS) is 45.0. The lowest BCUT2D eigenvalue weighted by Crippen LogP contribution is -2.63. The van der Waals surface area contributed by atoms with E-state index in [2.05, 4.69) is 24.1 Å². The average molecular weight is 613 g/mol. The Hall–Kier alpha value is -1.38. The highest BCUT2D eigenvalue weighted by molar-refractivity contribution is 5.87. The van der Waals surface area contributed by atoms with Gasteiger partial charge in [-0.15, -0.1) is 0 Å². The largest absolute Gasteiger partial charge is 0.393 e. The third-order valence-corrected chi connectivity index (χ3v) is 14.8. The topological polar surface area (TPSA) is 96.4 Å². The molecule has 5 aliphatic carbocycles. The van der Waals surface area contributed by atoms with Gasteiger partial charge in [0.25, 0.3) is 0 Å². The number of aliphatic hydroxyl groups excluding tert-OH is 2. The van der Waals surface area contributed by atoms with Gasteiger partial charge in [0, 0.05) is 45.3 Å². The standard InChI is InChI=1S/C36H60N4O4/c1-35-15-14-28-26(27(35)12-13-32(35)42)11-10-25-21-31(41)30(22-36(25,28)2)38-17-19-39(20-18-38)33(43)29-9-6-16-40(29)34(44)37-23-24-7-4-3-5-8-24/h24-32,41-42H,3-23H2,1-2H3,(H,37,44)/t25-,26-,27-,28-,29-,30-,31-,32-,35-,36-/m0/s1. The van der Waals surface area contributed by atoms with Crippen molar-refractivity contribution in [3.05, 3.63) is 0 Å². The summed E-state index contributed by atoms with van der Waals surface area (Å²) in [4.78, 5) is 33.1. The van der Waals surface area contributed by atoms with Crippen molar-refractivity contribution in [2.75, 3.05) is 39.3 Å². The number of nitrogens with zero attached hydrogens (tertiary/aromatic N) is 3. The van der Waals surface area contributed by atoms with E-state index >= 15 is 0 Å². The summed E-state index contributed by atoms with van der Waals surface area (Å²) in [6.45, 7) is 9.29. The van der Waals surface area contributed by atoms with E-state index in [1.807, 2.05) is 4.90 Å². The number of piperazine rings is 1. The van der Waals surface area contributed by atoms with Gasteiger partial charge in [-0.25, -0.2) is 4.79 Å². The molecule has 2 saturated heterocycles. The van der Waals surface area contributed by atoms with Crippen molar-refractivity contribution in [2.45, 2.75) is 134 Å². The molecule has 0 aromatic carbocycles. The molecule has 8 heteroatoms. The summed E-state index contributed by atoms with van der Waals surface area (Å²) in [6.07, 6.45) is 16.4. The van der Waals surface area contributed by atoms with Gasteiger partial charge < -0.3 is 25.3 Å². The number of fused-ring (bicyclic) bond motifs is 5. The van der Waals surface area contributed by atoms with Crippen LogP contribution in [0.4, 0.5) is 4.79 Å². The number of nitrogens with one attached hydrogen (secondary N) is 1. The quantitative estimate of drug-likeness (QED) is 0.431. The first-order chi connectivity index (χ1) is 21.2. The maximum Gasteiger partial charge on any atom is 0.318 e. The fourth-order valence-corrected chi connectivity index (χ4v) is 12.1. The van der Waals surface area contributed by atoms with E-state index in [0.29, 0.717) is 49.2 Å². The van der Waals surface area contributed by atoms with E-state index in [4.69, 9.17) is 0 Å². The molecule has 3 N–H and O–H groups in total. The predicted molar refractivity (Wildman–Crippen MR) is 171 cm³/mol. The molecule has 44 heavy (non-hydrogen) atoms. The molecule has 5 saturated carbocycles. The maximum atomic E-state index is 13.7. The lowest BCUT2D eigenvalue weighted by atomic mass is 9.44. The molecule has 7 aliphatic rings. The summed E-state index contributed by atoms with van der Waals surface area (Å²) in [5, 5.41) is 25.5. The van der Waals surface area contributed by atoms with Gasteiger partial charge in [-0.2, -0.15) is 0 Å². The van der Waals surface area contributed by atoms with Crippen molar-refractivity contribution in [3.63, 3.8) is 0 Å². The van der Waals surface area contributed by atoms with Crippen LogP contribution in [0.3, 0.4) is 0 Å². The lowest BCUT2D eigenvalue weighted by molar-refractivity contribution is -0.157. The number of amides is 3. The minimum Gasteiger partial charge on any atom is -0.393 e. The number of urea groups is 1. The van der Waals surface area contributed by atoms with Gasteiger partial charge in [0.2, 0.25) is 5.91 Å². The second kappa shape index (κ2) is 12.3. The van der Waals surface area contributed by atoms with E-state index in [9.17, 15) is 19.8 Å². The van der Waals surface area contributed by atoms with E-state index in [-0.39, 0.29) is 47.1 Å². The Kier molecular flexibility index (Phi) is 8.75. The van der Waals surface area contributed by atoms with Gasteiger partial charge in [0.1, 0.15) is 6.04 Å². The number of hydrogen-bond acceptors (Lipinski definition) is 5. The third kappa shape index (κ3) is 5.40.